The molecule has 0 radical (unpaired) electrons. The molecule has 0 saturated heterocycles. The van der Waals surface area contributed by atoms with Crippen LogP contribution in [0.15, 0.2) is 36.8 Å². The van der Waals surface area contributed by atoms with Crippen molar-refractivity contribution in [2.45, 2.75) is 58.8 Å². The van der Waals surface area contributed by atoms with Crippen LogP contribution in [0.4, 0.5) is 17.3 Å². The van der Waals surface area contributed by atoms with Crippen molar-refractivity contribution in [2.24, 2.45) is 5.73 Å². The first-order valence-corrected chi connectivity index (χ1v) is 12.3. The number of hydrazine groups is 1. The maximum atomic E-state index is 10.5. The van der Waals surface area contributed by atoms with E-state index >= 15 is 0 Å². The Bertz CT molecular complexity index is 963. The van der Waals surface area contributed by atoms with Crippen LogP contribution in [0.5, 0.6) is 0 Å². The number of primary amides is 1. The van der Waals surface area contributed by atoms with Gasteiger partial charge in [0, 0.05) is 42.3 Å². The number of rotatable bonds is 7. The van der Waals surface area contributed by atoms with Crippen LogP contribution >= 0.6 is 11.3 Å². The van der Waals surface area contributed by atoms with Crippen molar-refractivity contribution in [2.75, 3.05) is 17.0 Å². The standard InChI is InChI=1S/C20H26N6OS.C3H7.CH2NO.U/c1-2-24-26(27)17-12-15(25-20-21-10-11-22-20)8-9-16(17)18-13-23-19(28-18)14-6-4-3-5-7-14;1-3-2;2-1-3;/h8-14,24,27H,2-7H2,1H3,(H2,21,22,25);3H,1-2H3;(H2,2,3);/q;2*-1;+2. The molecule has 1 fully saturated rings. The maximum Gasteiger partial charge on any atom is 2.00 e. The van der Waals surface area contributed by atoms with E-state index in [-0.39, 0.29) is 31.1 Å². The average Bonchev–Trinajstić information content (AvgIpc) is 3.53. The quantitative estimate of drug-likeness (QED) is 0.127. The molecule has 1 aliphatic carbocycles. The van der Waals surface area contributed by atoms with Crippen LogP contribution in [-0.4, -0.2) is 33.1 Å². The molecule has 0 aliphatic heterocycles. The van der Waals surface area contributed by atoms with Gasteiger partial charge in [-0.05, 0) is 31.0 Å². The van der Waals surface area contributed by atoms with Crippen LogP contribution in [0, 0.1) is 37.5 Å². The van der Waals surface area contributed by atoms with Crippen LogP contribution in [0.25, 0.3) is 10.4 Å². The van der Waals surface area contributed by atoms with Crippen molar-refractivity contribution < 1.29 is 41.1 Å². The number of nitrogens with zero attached hydrogens (tertiary/aromatic N) is 3. The summed E-state index contributed by atoms with van der Waals surface area (Å²) in [6.07, 6.45) is 14.8. The van der Waals surface area contributed by atoms with Crippen molar-refractivity contribution in [3.05, 3.63) is 48.2 Å². The van der Waals surface area contributed by atoms with E-state index in [9.17, 15) is 5.21 Å². The molecule has 1 saturated carbocycles. The van der Waals surface area contributed by atoms with Gasteiger partial charge in [0.05, 0.1) is 15.6 Å². The van der Waals surface area contributed by atoms with Crippen LogP contribution in [0.3, 0.4) is 0 Å². The third-order valence-electron chi connectivity index (χ3n) is 5.04. The normalized spacial score (nSPS) is 12.8. The van der Waals surface area contributed by atoms with Gasteiger partial charge in [0.25, 0.3) is 0 Å². The first-order chi connectivity index (χ1) is 16.6. The molecule has 1 aromatic carbocycles. The van der Waals surface area contributed by atoms with E-state index in [4.69, 9.17) is 9.78 Å². The summed E-state index contributed by atoms with van der Waals surface area (Å²) in [6.45, 7) is 6.56. The minimum Gasteiger partial charge on any atom is -0.543 e. The number of imidazole rings is 1. The molecule has 6 N–H and O–H groups in total. The van der Waals surface area contributed by atoms with Gasteiger partial charge in [-0.15, -0.1) is 11.3 Å². The number of amides is 1. The number of anilines is 3. The molecular formula is C24H35N7O2SU. The second-order valence-electron chi connectivity index (χ2n) is 7.71. The number of hydrogen-bond donors (Lipinski definition) is 5. The zero-order valence-corrected chi connectivity index (χ0v) is 25.5. The second kappa shape index (κ2) is 17.5. The van der Waals surface area contributed by atoms with Crippen molar-refractivity contribution in [1.82, 2.24) is 20.4 Å². The first kappa shape index (κ1) is 31.1. The Balaban J connectivity index is 0.000000797. The van der Waals surface area contributed by atoms with Gasteiger partial charge < -0.3 is 27.2 Å². The van der Waals surface area contributed by atoms with E-state index in [0.717, 1.165) is 27.7 Å². The summed E-state index contributed by atoms with van der Waals surface area (Å²) in [5, 5.41) is 16.0. The van der Waals surface area contributed by atoms with Crippen LogP contribution in [0.2, 0.25) is 0 Å². The molecular weight excluding hydrogens is 688 g/mol. The van der Waals surface area contributed by atoms with Crippen LogP contribution < -0.4 is 21.6 Å². The van der Waals surface area contributed by atoms with Gasteiger partial charge in [-0.1, -0.05) is 26.2 Å². The predicted molar refractivity (Wildman–Crippen MR) is 139 cm³/mol. The number of hydrogen-bond acceptors (Lipinski definition) is 8. The molecule has 11 heteroatoms. The summed E-state index contributed by atoms with van der Waals surface area (Å²) in [6, 6.07) is 5.90. The minimum absolute atomic E-state index is 0. The Hall–Kier alpha value is -1.90. The first-order valence-electron chi connectivity index (χ1n) is 11.5. The number of aromatic nitrogens is 3. The van der Waals surface area contributed by atoms with Gasteiger partial charge in [0.2, 0.25) is 5.95 Å². The molecule has 0 spiro atoms. The zero-order valence-electron chi connectivity index (χ0n) is 20.5. The van der Waals surface area contributed by atoms with Crippen molar-refractivity contribution in [3.8, 4) is 10.4 Å². The summed E-state index contributed by atoms with van der Waals surface area (Å²) in [4.78, 5) is 21.5. The maximum absolute atomic E-state index is 10.5. The molecule has 0 atom stereocenters. The van der Waals surface area contributed by atoms with Crippen LogP contribution in [0.1, 0.15) is 63.8 Å². The molecule has 0 unspecified atom stereocenters. The van der Waals surface area contributed by atoms with E-state index < -0.39 is 0 Å². The summed E-state index contributed by atoms with van der Waals surface area (Å²) >= 11 is 1.74. The zero-order chi connectivity index (χ0) is 24.8. The van der Waals surface area contributed by atoms with Gasteiger partial charge in [0.1, 0.15) is 0 Å². The average molecular weight is 724 g/mol. The Morgan fingerprint density at radius 2 is 1.97 bits per heavy atom. The summed E-state index contributed by atoms with van der Waals surface area (Å²) in [7, 11) is 0. The van der Waals surface area contributed by atoms with Gasteiger partial charge in [-0.3, -0.25) is 5.21 Å². The molecule has 188 valence electrons. The molecule has 9 nitrogen and oxygen atoms in total. The van der Waals surface area contributed by atoms with E-state index in [1.54, 1.807) is 23.7 Å². The molecule has 2 aromatic heterocycles. The number of nitrogens with one attached hydrogen (secondary N) is 3. The number of benzene rings is 1. The third kappa shape index (κ3) is 9.94. The summed E-state index contributed by atoms with van der Waals surface area (Å²) in [5.41, 5.74) is 9.46. The number of H-pyrrole nitrogens is 1. The number of aromatic amines is 1. The fourth-order valence-corrected chi connectivity index (χ4v) is 4.77. The van der Waals surface area contributed by atoms with Gasteiger partial charge >= 0.3 is 31.1 Å². The molecule has 35 heavy (non-hydrogen) atoms. The van der Waals surface area contributed by atoms with Gasteiger partial charge in [0.15, 0.2) is 0 Å². The fourth-order valence-electron chi connectivity index (χ4n) is 3.65. The molecule has 1 amide bonds. The Morgan fingerprint density at radius 3 is 2.57 bits per heavy atom. The van der Waals surface area contributed by atoms with Gasteiger partial charge in [-0.2, -0.15) is 25.4 Å². The largest absolute Gasteiger partial charge is 2.00 e. The SMILES string of the molecule is CCNN(O)c1cc(Nc2ncc[nH]2)ccc1-c1cnc(C2CCCCC2)s1.C[CH-]C.N[C-]=O.[U+2]. The molecule has 3 aromatic rings. The van der Waals surface area contributed by atoms with Gasteiger partial charge in [-0.25, -0.2) is 15.4 Å². The number of carbonyl (C=O) groups excluding carboxylic acids is 1. The number of nitrogens with two attached hydrogens (primary N) is 1. The predicted octanol–water partition coefficient (Wildman–Crippen LogP) is 5.29. The van der Waals surface area contributed by atoms with Crippen molar-refractivity contribution in [1.29, 1.82) is 0 Å². The molecule has 0 bridgehead atoms. The third-order valence-corrected chi connectivity index (χ3v) is 6.23. The van der Waals surface area contributed by atoms with E-state index in [1.165, 1.54) is 37.1 Å². The topological polar surface area (TPSA) is 132 Å². The molecule has 2 heterocycles. The van der Waals surface area contributed by atoms with E-state index in [1.807, 2.05) is 51.6 Å². The summed E-state index contributed by atoms with van der Waals surface area (Å²) < 4.78 is 0. The Morgan fingerprint density at radius 1 is 1.29 bits per heavy atom. The number of thiazole rings is 1. The molecule has 1 aliphatic rings. The Kier molecular flexibility index (Phi) is 15.6. The van der Waals surface area contributed by atoms with Crippen molar-refractivity contribution in [3.63, 3.8) is 0 Å². The second-order valence-corrected chi connectivity index (χ2v) is 8.77. The van der Waals surface area contributed by atoms with Crippen LogP contribution in [-0.2, 0) is 4.79 Å². The van der Waals surface area contributed by atoms with E-state index in [2.05, 4.69) is 26.4 Å². The van der Waals surface area contributed by atoms with E-state index in [0.29, 0.717) is 24.1 Å². The monoisotopic (exact) mass is 723 g/mol. The fraction of sp³-hybridized carbons (Fsp3) is 0.417. The molecule has 4 rings (SSSR count). The smallest absolute Gasteiger partial charge is 0.543 e. The Labute approximate surface area is 235 Å². The summed E-state index contributed by atoms with van der Waals surface area (Å²) in [5.74, 6) is 1.24. The van der Waals surface area contributed by atoms with Crippen molar-refractivity contribution >= 4 is 35.1 Å². The minimum atomic E-state index is 0.